The van der Waals surface area contributed by atoms with Gasteiger partial charge in [-0.3, -0.25) is 25.2 Å². The van der Waals surface area contributed by atoms with Gasteiger partial charge in [0, 0.05) is 42.5 Å². The molecule has 2 aromatic rings. The molecule has 0 spiro atoms. The molecule has 1 saturated heterocycles. The number of aromatic nitrogens is 2. The Kier molecular flexibility index (Phi) is 9.26. The highest BCUT2D eigenvalue weighted by atomic mass is 16.5. The van der Waals surface area contributed by atoms with Crippen LogP contribution in [0.4, 0.5) is 5.95 Å². The van der Waals surface area contributed by atoms with E-state index in [9.17, 15) is 14.4 Å². The fourth-order valence-corrected chi connectivity index (χ4v) is 5.99. The van der Waals surface area contributed by atoms with Gasteiger partial charge in [0.2, 0.25) is 11.9 Å². The molecule has 3 aliphatic rings. The summed E-state index contributed by atoms with van der Waals surface area (Å²) >= 11 is 0. The quantitative estimate of drug-likeness (QED) is 0.395. The van der Waals surface area contributed by atoms with Crippen molar-refractivity contribution in [3.63, 3.8) is 0 Å². The van der Waals surface area contributed by atoms with Gasteiger partial charge in [0.15, 0.2) is 0 Å². The van der Waals surface area contributed by atoms with Gasteiger partial charge in [0.25, 0.3) is 5.91 Å². The van der Waals surface area contributed by atoms with Crippen molar-refractivity contribution in [1.29, 1.82) is 0 Å². The van der Waals surface area contributed by atoms with Gasteiger partial charge in [-0.15, -0.1) is 0 Å². The van der Waals surface area contributed by atoms with Gasteiger partial charge in [0.05, 0.1) is 25.2 Å². The first-order valence-electron chi connectivity index (χ1n) is 14.5. The zero-order valence-corrected chi connectivity index (χ0v) is 23.1. The van der Waals surface area contributed by atoms with Crippen molar-refractivity contribution in [2.75, 3.05) is 25.1 Å². The Morgan fingerprint density at radius 1 is 0.775 bits per heavy atom. The standard InChI is InChI=1S/C30H39N5O5/c1-39-29(38)23-12-10-22(11-13-23)28(37)34-33-27(36)21-8-6-20(7-9-21)24-18-31-30(32-19-24)35-16-14-26(15-17-35)40-25-4-2-3-5-25/h6-9,18-19,22-23,25-26H,2-5,10-17H2,1H3,(H,33,36)(H,34,37)/t22-,23-. The van der Waals surface area contributed by atoms with Gasteiger partial charge in [0.1, 0.15) is 0 Å². The fourth-order valence-electron chi connectivity index (χ4n) is 5.99. The SMILES string of the molecule is COC(=O)[C@H]1CC[C@H](C(=O)NNC(=O)c2ccc(-c3cnc(N4CCC(OC5CCCC5)CC4)nc3)cc2)CC1. The number of hydrogen-bond donors (Lipinski definition) is 2. The van der Waals surface area contributed by atoms with E-state index in [1.165, 1.54) is 32.8 Å². The number of rotatable bonds is 7. The predicted octanol–water partition coefficient (Wildman–Crippen LogP) is 3.81. The molecule has 0 radical (unpaired) electrons. The highest BCUT2D eigenvalue weighted by Gasteiger charge is 2.30. The average Bonchev–Trinajstić information content (AvgIpc) is 3.53. The first kappa shape index (κ1) is 28.0. The lowest BCUT2D eigenvalue weighted by molar-refractivity contribution is -0.147. The Bertz CT molecular complexity index is 1150. The first-order chi connectivity index (χ1) is 19.5. The van der Waals surface area contributed by atoms with Crippen LogP contribution in [0.5, 0.6) is 0 Å². The minimum absolute atomic E-state index is 0.151. The first-order valence-corrected chi connectivity index (χ1v) is 14.5. The number of amides is 2. The Morgan fingerprint density at radius 2 is 1.38 bits per heavy atom. The second-order valence-electron chi connectivity index (χ2n) is 11.1. The minimum Gasteiger partial charge on any atom is -0.469 e. The van der Waals surface area contributed by atoms with Crippen molar-refractivity contribution >= 4 is 23.7 Å². The van der Waals surface area contributed by atoms with Crippen LogP contribution in [0.15, 0.2) is 36.7 Å². The van der Waals surface area contributed by atoms with Crippen LogP contribution in [0, 0.1) is 11.8 Å². The zero-order chi connectivity index (χ0) is 27.9. The number of carbonyl (C=O) groups excluding carboxylic acids is 3. The summed E-state index contributed by atoms with van der Waals surface area (Å²) in [5, 5.41) is 0. The van der Waals surface area contributed by atoms with Gasteiger partial charge in [-0.25, -0.2) is 9.97 Å². The number of hydrazine groups is 1. The third-order valence-corrected chi connectivity index (χ3v) is 8.46. The van der Waals surface area contributed by atoms with Gasteiger partial charge in [-0.1, -0.05) is 25.0 Å². The molecule has 40 heavy (non-hydrogen) atoms. The number of ether oxygens (including phenoxy) is 2. The lowest BCUT2D eigenvalue weighted by Crippen LogP contribution is -2.45. The van der Waals surface area contributed by atoms with Crippen LogP contribution >= 0.6 is 0 Å². The number of anilines is 1. The van der Waals surface area contributed by atoms with Gasteiger partial charge >= 0.3 is 5.97 Å². The third kappa shape index (κ3) is 6.96. The van der Waals surface area contributed by atoms with E-state index in [0.717, 1.165) is 43.0 Å². The van der Waals surface area contributed by atoms with Crippen LogP contribution in [-0.4, -0.2) is 60.2 Å². The molecule has 5 rings (SSSR count). The molecule has 2 saturated carbocycles. The van der Waals surface area contributed by atoms with Crippen LogP contribution in [0.2, 0.25) is 0 Å². The van der Waals surface area contributed by atoms with Gasteiger partial charge in [-0.2, -0.15) is 0 Å². The number of benzene rings is 1. The number of piperidine rings is 1. The molecule has 3 fully saturated rings. The smallest absolute Gasteiger partial charge is 0.308 e. The summed E-state index contributed by atoms with van der Waals surface area (Å²) in [5.74, 6) is -0.511. The summed E-state index contributed by atoms with van der Waals surface area (Å²) in [6, 6.07) is 7.10. The molecule has 2 amide bonds. The average molecular weight is 550 g/mol. The molecule has 10 heteroatoms. The summed E-state index contributed by atoms with van der Waals surface area (Å²) in [7, 11) is 1.38. The van der Waals surface area contributed by atoms with E-state index >= 15 is 0 Å². The number of nitrogens with zero attached hydrogens (tertiary/aromatic N) is 3. The molecule has 0 atom stereocenters. The van der Waals surface area contributed by atoms with Crippen LogP contribution in [0.3, 0.4) is 0 Å². The molecule has 214 valence electrons. The second kappa shape index (κ2) is 13.2. The lowest BCUT2D eigenvalue weighted by Gasteiger charge is -2.33. The molecular formula is C30H39N5O5. The van der Waals surface area contributed by atoms with Crippen molar-refractivity contribution in [3.8, 4) is 11.1 Å². The van der Waals surface area contributed by atoms with Crippen molar-refractivity contribution in [1.82, 2.24) is 20.8 Å². The second-order valence-corrected chi connectivity index (χ2v) is 11.1. The Balaban J connectivity index is 1.07. The highest BCUT2D eigenvalue weighted by Crippen LogP contribution is 2.30. The van der Waals surface area contributed by atoms with E-state index < -0.39 is 5.91 Å². The zero-order valence-electron chi connectivity index (χ0n) is 23.1. The van der Waals surface area contributed by atoms with Crippen molar-refractivity contribution in [2.45, 2.75) is 76.4 Å². The Morgan fingerprint density at radius 3 is 2.00 bits per heavy atom. The summed E-state index contributed by atoms with van der Waals surface area (Å²) in [4.78, 5) is 48.1. The number of esters is 1. The van der Waals surface area contributed by atoms with Gasteiger partial charge < -0.3 is 14.4 Å². The summed E-state index contributed by atoms with van der Waals surface area (Å²) in [6.07, 6.45) is 13.8. The van der Waals surface area contributed by atoms with Crippen LogP contribution in [-0.2, 0) is 19.1 Å². The molecule has 2 aliphatic carbocycles. The third-order valence-electron chi connectivity index (χ3n) is 8.46. The van der Waals surface area contributed by atoms with Crippen molar-refractivity contribution < 1.29 is 23.9 Å². The van der Waals surface area contributed by atoms with E-state index in [0.29, 0.717) is 43.5 Å². The van der Waals surface area contributed by atoms with E-state index in [-0.39, 0.29) is 23.7 Å². The molecule has 2 heterocycles. The lowest BCUT2D eigenvalue weighted by atomic mass is 9.82. The van der Waals surface area contributed by atoms with Gasteiger partial charge in [-0.05, 0) is 69.1 Å². The van der Waals surface area contributed by atoms with E-state index in [2.05, 4.69) is 25.7 Å². The Hall–Kier alpha value is -3.53. The molecule has 0 bridgehead atoms. The normalized spacial score (nSPS) is 22.1. The molecule has 1 aliphatic heterocycles. The summed E-state index contributed by atoms with van der Waals surface area (Å²) < 4.78 is 11.1. The van der Waals surface area contributed by atoms with E-state index in [4.69, 9.17) is 9.47 Å². The molecular weight excluding hydrogens is 510 g/mol. The summed E-state index contributed by atoms with van der Waals surface area (Å²) in [5.41, 5.74) is 7.22. The van der Waals surface area contributed by atoms with Crippen LogP contribution in [0.1, 0.15) is 74.6 Å². The molecule has 2 N–H and O–H groups in total. The maximum atomic E-state index is 12.6. The minimum atomic E-state index is -0.393. The maximum absolute atomic E-state index is 12.6. The summed E-state index contributed by atoms with van der Waals surface area (Å²) in [6.45, 7) is 1.79. The number of nitrogens with one attached hydrogen (secondary N) is 2. The number of carbonyl (C=O) groups is 3. The fraction of sp³-hybridized carbons (Fsp3) is 0.567. The van der Waals surface area contributed by atoms with Crippen molar-refractivity contribution in [2.24, 2.45) is 11.8 Å². The van der Waals surface area contributed by atoms with Crippen LogP contribution in [0.25, 0.3) is 11.1 Å². The predicted molar refractivity (Wildman–Crippen MR) is 149 cm³/mol. The monoisotopic (exact) mass is 549 g/mol. The molecule has 1 aromatic heterocycles. The number of hydrogen-bond acceptors (Lipinski definition) is 8. The maximum Gasteiger partial charge on any atom is 0.308 e. The van der Waals surface area contributed by atoms with E-state index in [1.807, 2.05) is 24.5 Å². The number of methoxy groups -OCH3 is 1. The molecule has 10 nitrogen and oxygen atoms in total. The molecule has 1 aromatic carbocycles. The molecule has 0 unspecified atom stereocenters. The Labute approximate surface area is 235 Å². The topological polar surface area (TPSA) is 123 Å². The van der Waals surface area contributed by atoms with E-state index in [1.54, 1.807) is 12.1 Å². The van der Waals surface area contributed by atoms with Crippen molar-refractivity contribution in [3.05, 3.63) is 42.2 Å². The largest absolute Gasteiger partial charge is 0.469 e. The highest BCUT2D eigenvalue weighted by molar-refractivity contribution is 5.96. The van der Waals surface area contributed by atoms with Crippen LogP contribution < -0.4 is 15.8 Å².